The molecule has 7 heteroatoms. The normalized spacial score (nSPS) is 20.2. The zero-order valence-corrected chi connectivity index (χ0v) is 21.1. The molecule has 0 bridgehead atoms. The van der Waals surface area contributed by atoms with Gasteiger partial charge >= 0.3 is 0 Å². The zero-order chi connectivity index (χ0) is 25.1. The Morgan fingerprint density at radius 3 is 2.50 bits per heavy atom. The topological polar surface area (TPSA) is 76.5 Å². The lowest BCUT2D eigenvalue weighted by atomic mass is 9.91. The van der Waals surface area contributed by atoms with Gasteiger partial charge in [0.1, 0.15) is 17.0 Å². The molecule has 1 unspecified atom stereocenters. The maximum atomic E-state index is 13.9. The molecule has 1 fully saturated rings. The van der Waals surface area contributed by atoms with Gasteiger partial charge in [-0.1, -0.05) is 49.6 Å². The van der Waals surface area contributed by atoms with Crippen LogP contribution in [0.5, 0.6) is 5.75 Å². The van der Waals surface area contributed by atoms with Crippen LogP contribution in [0.4, 0.5) is 0 Å². The Morgan fingerprint density at radius 2 is 1.81 bits per heavy atom. The van der Waals surface area contributed by atoms with Crippen molar-refractivity contribution in [2.24, 2.45) is 0 Å². The maximum Gasteiger partial charge on any atom is 0.273 e. The Morgan fingerprint density at radius 1 is 1.08 bits per heavy atom. The van der Waals surface area contributed by atoms with E-state index < -0.39 is 5.54 Å². The van der Waals surface area contributed by atoms with E-state index in [0.717, 1.165) is 42.6 Å². The molecule has 1 atom stereocenters. The molecule has 1 saturated carbocycles. The first kappa shape index (κ1) is 24.1. The number of benzene rings is 2. The van der Waals surface area contributed by atoms with E-state index >= 15 is 0 Å². The van der Waals surface area contributed by atoms with Crippen molar-refractivity contribution in [3.63, 3.8) is 0 Å². The number of aromatic nitrogens is 2. The molecule has 2 aromatic carbocycles. The summed E-state index contributed by atoms with van der Waals surface area (Å²) in [5, 5.41) is 8.02. The molecule has 1 aliphatic heterocycles. The van der Waals surface area contributed by atoms with Crippen LogP contribution in [0.15, 0.2) is 60.7 Å². The summed E-state index contributed by atoms with van der Waals surface area (Å²) in [6.45, 7) is 2.66. The third-order valence-electron chi connectivity index (χ3n) is 7.58. The molecule has 5 rings (SSSR count). The molecule has 2 heterocycles. The van der Waals surface area contributed by atoms with Gasteiger partial charge in [-0.05, 0) is 62.1 Å². The van der Waals surface area contributed by atoms with Gasteiger partial charge in [0, 0.05) is 18.2 Å². The van der Waals surface area contributed by atoms with E-state index in [1.165, 1.54) is 6.42 Å². The first-order valence-electron chi connectivity index (χ1n) is 12.9. The number of hydrogen-bond donors (Lipinski definition) is 1. The van der Waals surface area contributed by atoms with E-state index in [4.69, 9.17) is 9.84 Å². The Labute approximate surface area is 212 Å². The van der Waals surface area contributed by atoms with Gasteiger partial charge in [0.15, 0.2) is 0 Å². The van der Waals surface area contributed by atoms with Crippen LogP contribution < -0.4 is 10.1 Å². The van der Waals surface area contributed by atoms with Gasteiger partial charge in [0.05, 0.1) is 19.3 Å². The number of carbonyl (C=O) groups is 2. The number of carbonyl (C=O) groups excluding carboxylic acids is 2. The monoisotopic (exact) mass is 486 g/mol. The number of hydrogen-bond acceptors (Lipinski definition) is 4. The van der Waals surface area contributed by atoms with Gasteiger partial charge in [0.2, 0.25) is 5.91 Å². The molecular weight excluding hydrogens is 452 g/mol. The summed E-state index contributed by atoms with van der Waals surface area (Å²) in [6.07, 6.45) is 6.15. The lowest BCUT2D eigenvalue weighted by molar-refractivity contribution is -0.134. The van der Waals surface area contributed by atoms with Crippen LogP contribution >= 0.6 is 0 Å². The number of nitrogens with one attached hydrogen (secondary N) is 1. The molecule has 2 aliphatic rings. The van der Waals surface area contributed by atoms with Crippen molar-refractivity contribution in [1.82, 2.24) is 20.0 Å². The fourth-order valence-corrected chi connectivity index (χ4v) is 5.37. The molecule has 0 saturated heterocycles. The summed E-state index contributed by atoms with van der Waals surface area (Å²) in [7, 11) is 1.63. The Kier molecular flexibility index (Phi) is 6.81. The number of methoxy groups -OCH3 is 1. The summed E-state index contributed by atoms with van der Waals surface area (Å²) in [5.74, 6) is 0.506. The number of fused-ring (bicyclic) bond motifs is 1. The van der Waals surface area contributed by atoms with E-state index in [1.807, 2.05) is 55.5 Å². The van der Waals surface area contributed by atoms with E-state index in [2.05, 4.69) is 17.4 Å². The Bertz CT molecular complexity index is 1220. The largest absolute Gasteiger partial charge is 0.497 e. The molecule has 1 N–H and O–H groups in total. The van der Waals surface area contributed by atoms with Crippen LogP contribution in [-0.2, 0) is 17.8 Å². The molecule has 2 amide bonds. The molecular formula is C29H34N4O3. The molecule has 188 valence electrons. The van der Waals surface area contributed by atoms with Crippen molar-refractivity contribution in [2.75, 3.05) is 13.7 Å². The fraction of sp³-hybridized carbons (Fsp3) is 0.414. The van der Waals surface area contributed by atoms with Crippen molar-refractivity contribution >= 4 is 11.8 Å². The number of ether oxygens (including phenoxy) is 1. The highest BCUT2D eigenvalue weighted by atomic mass is 16.5. The smallest absolute Gasteiger partial charge is 0.273 e. The highest BCUT2D eigenvalue weighted by Crippen LogP contribution is 2.31. The summed E-state index contributed by atoms with van der Waals surface area (Å²) < 4.78 is 6.98. The second-order valence-corrected chi connectivity index (χ2v) is 10.1. The van der Waals surface area contributed by atoms with Crippen LogP contribution in [-0.4, -0.2) is 51.7 Å². The standard InChI is InChI=1S/C29H34N4O3/c1-29(28(35)30-23-11-7-4-8-12-23)20-33-26(19-25(31-33)22-13-15-24(36-2)16-14-22)27(34)32(29)18-17-21-9-5-3-6-10-21/h3,5-6,9-10,13-16,19,23H,4,7-8,11-12,17-18,20H2,1-2H3,(H,30,35). The van der Waals surface area contributed by atoms with Crippen molar-refractivity contribution in [3.8, 4) is 17.0 Å². The zero-order valence-electron chi connectivity index (χ0n) is 21.1. The van der Waals surface area contributed by atoms with Crippen LogP contribution in [0, 0.1) is 0 Å². The van der Waals surface area contributed by atoms with Gasteiger partial charge in [-0.3, -0.25) is 14.3 Å². The quantitative estimate of drug-likeness (QED) is 0.535. The first-order valence-corrected chi connectivity index (χ1v) is 12.9. The van der Waals surface area contributed by atoms with E-state index in [1.54, 1.807) is 16.7 Å². The van der Waals surface area contributed by atoms with E-state index in [0.29, 0.717) is 30.9 Å². The second-order valence-electron chi connectivity index (χ2n) is 10.1. The Hall–Kier alpha value is -3.61. The number of nitrogens with zero attached hydrogens (tertiary/aromatic N) is 3. The third-order valence-corrected chi connectivity index (χ3v) is 7.58. The van der Waals surface area contributed by atoms with Crippen molar-refractivity contribution < 1.29 is 14.3 Å². The van der Waals surface area contributed by atoms with Gasteiger partial charge in [-0.2, -0.15) is 5.10 Å². The summed E-state index contributed by atoms with van der Waals surface area (Å²) in [6, 6.07) is 19.7. The van der Waals surface area contributed by atoms with Crippen LogP contribution in [0.25, 0.3) is 11.3 Å². The highest BCUT2D eigenvalue weighted by molar-refractivity contribution is 6.00. The minimum absolute atomic E-state index is 0.0945. The number of rotatable bonds is 7. The third kappa shape index (κ3) is 4.74. The van der Waals surface area contributed by atoms with Crippen LogP contribution in [0.3, 0.4) is 0 Å². The summed E-state index contributed by atoms with van der Waals surface area (Å²) >= 11 is 0. The maximum absolute atomic E-state index is 13.9. The second kappa shape index (κ2) is 10.2. The first-order chi connectivity index (χ1) is 17.5. The summed E-state index contributed by atoms with van der Waals surface area (Å²) in [5.41, 5.74) is 2.23. The predicted octanol–water partition coefficient (Wildman–Crippen LogP) is 4.46. The van der Waals surface area contributed by atoms with Gasteiger partial charge in [-0.15, -0.1) is 0 Å². The predicted molar refractivity (Wildman–Crippen MR) is 139 cm³/mol. The SMILES string of the molecule is COc1ccc(-c2cc3n(n2)CC(C)(C(=O)NC2CCCCC2)N(CCc2ccccc2)C3=O)cc1. The highest BCUT2D eigenvalue weighted by Gasteiger charge is 2.48. The van der Waals surface area contributed by atoms with Crippen molar-refractivity contribution in [2.45, 2.75) is 63.6 Å². The van der Waals surface area contributed by atoms with Crippen LogP contribution in [0.1, 0.15) is 55.1 Å². The van der Waals surface area contributed by atoms with Gasteiger partial charge in [0.25, 0.3) is 5.91 Å². The molecule has 0 radical (unpaired) electrons. The lowest BCUT2D eigenvalue weighted by Gasteiger charge is -2.44. The fourth-order valence-electron chi connectivity index (χ4n) is 5.37. The molecule has 0 spiro atoms. The van der Waals surface area contributed by atoms with E-state index in [9.17, 15) is 9.59 Å². The van der Waals surface area contributed by atoms with Gasteiger partial charge < -0.3 is 15.0 Å². The molecule has 7 nitrogen and oxygen atoms in total. The average Bonchev–Trinajstić information content (AvgIpc) is 3.33. The van der Waals surface area contributed by atoms with Crippen LogP contribution in [0.2, 0.25) is 0 Å². The van der Waals surface area contributed by atoms with Crippen molar-refractivity contribution in [3.05, 3.63) is 71.9 Å². The molecule has 1 aliphatic carbocycles. The lowest BCUT2D eigenvalue weighted by Crippen LogP contribution is -2.65. The Balaban J connectivity index is 1.45. The van der Waals surface area contributed by atoms with Crippen molar-refractivity contribution in [1.29, 1.82) is 0 Å². The minimum atomic E-state index is -1.03. The number of amides is 2. The average molecular weight is 487 g/mol. The van der Waals surface area contributed by atoms with Gasteiger partial charge in [-0.25, -0.2) is 0 Å². The van der Waals surface area contributed by atoms with E-state index in [-0.39, 0.29) is 17.9 Å². The molecule has 1 aromatic heterocycles. The molecule has 3 aromatic rings. The summed E-state index contributed by atoms with van der Waals surface area (Å²) in [4.78, 5) is 29.4. The molecule has 36 heavy (non-hydrogen) atoms. The minimum Gasteiger partial charge on any atom is -0.497 e.